The highest BCUT2D eigenvalue weighted by Crippen LogP contribution is 2.31. The summed E-state index contributed by atoms with van der Waals surface area (Å²) >= 11 is 0. The van der Waals surface area contributed by atoms with Gasteiger partial charge in [-0.15, -0.1) is 0 Å². The quantitative estimate of drug-likeness (QED) is 0.323. The second-order valence-electron chi connectivity index (χ2n) is 5.69. The number of carbonyl (C=O) groups is 1. The highest BCUT2D eigenvalue weighted by molar-refractivity contribution is 6.06. The summed E-state index contributed by atoms with van der Waals surface area (Å²) in [6.45, 7) is 0. The predicted molar refractivity (Wildman–Crippen MR) is 95.7 cm³/mol. The summed E-state index contributed by atoms with van der Waals surface area (Å²) < 4.78 is 5.67. The molecule has 2 heterocycles. The Morgan fingerprint density at radius 2 is 2.04 bits per heavy atom. The molecule has 0 fully saturated rings. The Morgan fingerprint density at radius 3 is 2.78 bits per heavy atom. The third-order valence-corrected chi connectivity index (χ3v) is 4.02. The Kier molecular flexibility index (Phi) is 3.81. The maximum Gasteiger partial charge on any atom is 0.271 e. The normalized spacial score (nSPS) is 10.8. The van der Waals surface area contributed by atoms with E-state index >= 15 is 0 Å². The molecule has 27 heavy (non-hydrogen) atoms. The van der Waals surface area contributed by atoms with Crippen LogP contribution in [-0.4, -0.2) is 25.8 Å². The summed E-state index contributed by atoms with van der Waals surface area (Å²) in [5.41, 5.74) is 1.63. The number of benzene rings is 2. The lowest BCUT2D eigenvalue weighted by molar-refractivity contribution is -0.384. The zero-order valence-corrected chi connectivity index (χ0v) is 13.7. The van der Waals surface area contributed by atoms with Crippen molar-refractivity contribution in [2.24, 2.45) is 0 Å². The second-order valence-corrected chi connectivity index (χ2v) is 5.69. The van der Waals surface area contributed by atoms with Crippen molar-refractivity contribution in [1.82, 2.24) is 9.71 Å². The number of anilines is 1. The average molecular weight is 364 g/mol. The van der Waals surface area contributed by atoms with E-state index in [2.05, 4.69) is 10.3 Å². The van der Waals surface area contributed by atoms with Gasteiger partial charge in [-0.1, -0.05) is 12.1 Å². The summed E-state index contributed by atoms with van der Waals surface area (Å²) in [5.74, 6) is -0.235. The zero-order chi connectivity index (χ0) is 19.0. The Morgan fingerprint density at radius 1 is 1.22 bits per heavy atom. The van der Waals surface area contributed by atoms with Crippen LogP contribution in [0.15, 0.2) is 65.5 Å². The molecule has 0 saturated heterocycles. The molecule has 0 saturated carbocycles. The Bertz CT molecular complexity index is 1160. The van der Waals surface area contributed by atoms with E-state index in [-0.39, 0.29) is 22.9 Å². The van der Waals surface area contributed by atoms with Crippen LogP contribution >= 0.6 is 0 Å². The summed E-state index contributed by atoms with van der Waals surface area (Å²) in [6.07, 6.45) is 2.71. The van der Waals surface area contributed by atoms with E-state index in [4.69, 9.17) is 4.42 Å². The largest absolute Gasteiger partial charge is 0.472 e. The number of furan rings is 1. The van der Waals surface area contributed by atoms with Crippen molar-refractivity contribution < 1.29 is 19.3 Å². The van der Waals surface area contributed by atoms with Crippen molar-refractivity contribution in [2.75, 3.05) is 5.32 Å². The van der Waals surface area contributed by atoms with E-state index in [1.807, 2.05) is 0 Å². The number of nitro benzene ring substituents is 1. The van der Waals surface area contributed by atoms with Crippen molar-refractivity contribution >= 4 is 28.3 Å². The molecule has 0 spiro atoms. The molecule has 4 aromatic rings. The van der Waals surface area contributed by atoms with Gasteiger partial charge in [-0.05, 0) is 24.3 Å². The van der Waals surface area contributed by atoms with Gasteiger partial charge < -0.3 is 14.9 Å². The number of imidazole rings is 1. The van der Waals surface area contributed by atoms with Crippen LogP contribution in [0.25, 0.3) is 22.4 Å². The molecule has 0 aliphatic carbocycles. The SMILES string of the molecule is O=C(Nc1ccccc1-c1nc2ccc([N+](=O)[O-])cc2n1O)c1ccoc1. The number of nitro groups is 1. The molecule has 9 nitrogen and oxygen atoms in total. The number of rotatable bonds is 4. The van der Waals surface area contributed by atoms with Crippen LogP contribution < -0.4 is 5.32 Å². The Balaban J connectivity index is 1.79. The third-order valence-electron chi connectivity index (χ3n) is 4.02. The summed E-state index contributed by atoms with van der Waals surface area (Å²) in [7, 11) is 0. The lowest BCUT2D eigenvalue weighted by atomic mass is 10.1. The van der Waals surface area contributed by atoms with Gasteiger partial charge in [0.05, 0.1) is 28.0 Å². The van der Waals surface area contributed by atoms with Crippen LogP contribution in [0, 0.1) is 10.1 Å². The topological polar surface area (TPSA) is 123 Å². The number of nitrogens with one attached hydrogen (secondary N) is 1. The van der Waals surface area contributed by atoms with Gasteiger partial charge in [0.25, 0.3) is 11.6 Å². The minimum absolute atomic E-state index is 0.147. The summed E-state index contributed by atoms with van der Waals surface area (Å²) in [4.78, 5) is 27.0. The van der Waals surface area contributed by atoms with Gasteiger partial charge in [0.2, 0.25) is 0 Å². The average Bonchev–Trinajstić information content (AvgIpc) is 3.31. The molecule has 0 bridgehead atoms. The molecule has 2 aromatic carbocycles. The summed E-state index contributed by atoms with van der Waals surface area (Å²) in [6, 6.07) is 12.3. The molecule has 134 valence electrons. The van der Waals surface area contributed by atoms with Gasteiger partial charge in [0, 0.05) is 17.7 Å². The smallest absolute Gasteiger partial charge is 0.271 e. The number of non-ortho nitro benzene ring substituents is 1. The van der Waals surface area contributed by atoms with Crippen LogP contribution in [0.5, 0.6) is 0 Å². The fourth-order valence-electron chi connectivity index (χ4n) is 2.71. The first kappa shape index (κ1) is 16.3. The second kappa shape index (κ2) is 6.30. The maximum absolute atomic E-state index is 12.3. The van der Waals surface area contributed by atoms with Gasteiger partial charge in [0.1, 0.15) is 11.8 Å². The summed E-state index contributed by atoms with van der Waals surface area (Å²) in [5, 5.41) is 24.2. The van der Waals surface area contributed by atoms with Crippen LogP contribution in [0.1, 0.15) is 10.4 Å². The molecule has 0 atom stereocenters. The zero-order valence-electron chi connectivity index (χ0n) is 13.7. The maximum atomic E-state index is 12.3. The highest BCUT2D eigenvalue weighted by atomic mass is 16.6. The fourth-order valence-corrected chi connectivity index (χ4v) is 2.71. The number of nitrogens with zero attached hydrogens (tertiary/aromatic N) is 3. The Labute approximate surface area is 151 Å². The van der Waals surface area contributed by atoms with Crippen LogP contribution in [0.2, 0.25) is 0 Å². The minimum atomic E-state index is -0.550. The van der Waals surface area contributed by atoms with E-state index in [0.717, 1.165) is 4.73 Å². The highest BCUT2D eigenvalue weighted by Gasteiger charge is 2.19. The van der Waals surface area contributed by atoms with E-state index in [1.54, 1.807) is 24.3 Å². The van der Waals surface area contributed by atoms with Crippen LogP contribution in [-0.2, 0) is 0 Å². The number of aromatic nitrogens is 2. The van der Waals surface area contributed by atoms with Crippen molar-refractivity contribution in [1.29, 1.82) is 0 Å². The first-order valence-corrected chi connectivity index (χ1v) is 7.83. The van der Waals surface area contributed by atoms with E-state index in [1.165, 1.54) is 36.8 Å². The minimum Gasteiger partial charge on any atom is -0.472 e. The van der Waals surface area contributed by atoms with Gasteiger partial charge >= 0.3 is 0 Å². The fraction of sp³-hybridized carbons (Fsp3) is 0. The molecule has 1 amide bonds. The van der Waals surface area contributed by atoms with Crippen molar-refractivity contribution in [2.45, 2.75) is 0 Å². The van der Waals surface area contributed by atoms with Gasteiger partial charge in [-0.25, -0.2) is 4.98 Å². The molecule has 0 aliphatic heterocycles. The number of hydrogen-bond donors (Lipinski definition) is 2. The van der Waals surface area contributed by atoms with Gasteiger partial charge in [-0.2, -0.15) is 4.73 Å². The van der Waals surface area contributed by atoms with Crippen LogP contribution in [0.4, 0.5) is 11.4 Å². The van der Waals surface area contributed by atoms with E-state index < -0.39 is 4.92 Å². The van der Waals surface area contributed by atoms with E-state index in [9.17, 15) is 20.1 Å². The van der Waals surface area contributed by atoms with E-state index in [0.29, 0.717) is 22.3 Å². The lowest BCUT2D eigenvalue weighted by Gasteiger charge is -2.09. The van der Waals surface area contributed by atoms with Crippen LogP contribution in [0.3, 0.4) is 0 Å². The number of carbonyl (C=O) groups excluding carboxylic acids is 1. The number of para-hydroxylation sites is 1. The molecule has 0 aliphatic rings. The molecule has 9 heteroatoms. The van der Waals surface area contributed by atoms with Crippen molar-refractivity contribution in [3.05, 3.63) is 76.7 Å². The van der Waals surface area contributed by atoms with Gasteiger partial charge in [0.15, 0.2) is 5.82 Å². The number of amides is 1. The first-order chi connectivity index (χ1) is 13.0. The molecular weight excluding hydrogens is 352 g/mol. The van der Waals surface area contributed by atoms with Crippen molar-refractivity contribution in [3.63, 3.8) is 0 Å². The molecule has 0 unspecified atom stereocenters. The Hall–Kier alpha value is -4.14. The molecule has 0 radical (unpaired) electrons. The van der Waals surface area contributed by atoms with Crippen molar-refractivity contribution in [3.8, 4) is 11.4 Å². The molecule has 2 N–H and O–H groups in total. The van der Waals surface area contributed by atoms with Gasteiger partial charge in [-0.3, -0.25) is 14.9 Å². The molecular formula is C18H12N4O5. The number of fused-ring (bicyclic) bond motifs is 1. The molecule has 2 aromatic heterocycles. The monoisotopic (exact) mass is 364 g/mol. The third kappa shape index (κ3) is 2.86. The predicted octanol–water partition coefficient (Wildman–Crippen LogP) is 3.69. The number of hydrogen-bond acceptors (Lipinski definition) is 6. The standard InChI is InChI=1S/C18H12N4O5/c23-18(11-7-8-27-10-11)20-14-4-2-1-3-13(14)17-19-15-6-5-12(22(25)26)9-16(15)21(17)24/h1-10,24H,(H,20,23). The first-order valence-electron chi connectivity index (χ1n) is 7.83. The molecule has 4 rings (SSSR count). The lowest BCUT2D eigenvalue weighted by Crippen LogP contribution is -2.12.